The van der Waals surface area contributed by atoms with Gasteiger partial charge < -0.3 is 14.8 Å². The van der Waals surface area contributed by atoms with Gasteiger partial charge in [0.15, 0.2) is 6.61 Å². The van der Waals surface area contributed by atoms with E-state index in [4.69, 9.17) is 4.74 Å². The minimum absolute atomic E-state index is 0.0504. The third-order valence-corrected chi connectivity index (χ3v) is 3.37. The van der Waals surface area contributed by atoms with Gasteiger partial charge in [-0.1, -0.05) is 12.8 Å². The highest BCUT2D eigenvalue weighted by atomic mass is 19.3. The third-order valence-electron chi connectivity index (χ3n) is 3.37. The Hall–Kier alpha value is -2.18. The second-order valence-electron chi connectivity index (χ2n) is 5.03. The molecule has 0 spiro atoms. The van der Waals surface area contributed by atoms with E-state index in [0.717, 1.165) is 25.7 Å². The number of halogens is 2. The summed E-state index contributed by atoms with van der Waals surface area (Å²) in [6.45, 7) is -3.28. The molecule has 0 atom stereocenters. The van der Waals surface area contributed by atoms with E-state index >= 15 is 0 Å². The first-order chi connectivity index (χ1) is 10.5. The Morgan fingerprint density at radius 3 is 2.41 bits per heavy atom. The molecule has 1 aliphatic carbocycles. The molecule has 0 heterocycles. The van der Waals surface area contributed by atoms with Crippen LogP contribution in [-0.2, 0) is 9.53 Å². The quantitative estimate of drug-likeness (QED) is 0.820. The minimum Gasteiger partial charge on any atom is -0.452 e. The van der Waals surface area contributed by atoms with Gasteiger partial charge in [0.1, 0.15) is 5.75 Å². The van der Waals surface area contributed by atoms with E-state index in [0.29, 0.717) is 0 Å². The molecule has 0 bridgehead atoms. The second kappa shape index (κ2) is 7.72. The van der Waals surface area contributed by atoms with Crippen molar-refractivity contribution in [3.63, 3.8) is 0 Å². The van der Waals surface area contributed by atoms with Crippen molar-refractivity contribution in [2.45, 2.75) is 38.3 Å². The number of carbonyl (C=O) groups excluding carboxylic acids is 2. The number of alkyl halides is 2. The lowest BCUT2D eigenvalue weighted by Crippen LogP contribution is -2.35. The number of hydrogen-bond donors (Lipinski definition) is 1. The first-order valence-electron chi connectivity index (χ1n) is 7.06. The Morgan fingerprint density at radius 2 is 1.82 bits per heavy atom. The van der Waals surface area contributed by atoms with Gasteiger partial charge in [0.2, 0.25) is 0 Å². The fraction of sp³-hybridized carbons (Fsp3) is 0.467. The maximum atomic E-state index is 12.0. The highest BCUT2D eigenvalue weighted by Crippen LogP contribution is 2.17. The molecule has 0 radical (unpaired) electrons. The molecule has 1 saturated carbocycles. The lowest BCUT2D eigenvalue weighted by Gasteiger charge is -2.12. The largest absolute Gasteiger partial charge is 0.452 e. The van der Waals surface area contributed by atoms with E-state index in [2.05, 4.69) is 10.1 Å². The number of amides is 1. The van der Waals surface area contributed by atoms with Crippen LogP contribution < -0.4 is 10.1 Å². The molecule has 1 N–H and O–H groups in total. The molecule has 1 aromatic carbocycles. The Balaban J connectivity index is 1.77. The Kier molecular flexibility index (Phi) is 5.68. The van der Waals surface area contributed by atoms with E-state index in [1.807, 2.05) is 0 Å². The van der Waals surface area contributed by atoms with E-state index in [-0.39, 0.29) is 29.9 Å². The lowest BCUT2D eigenvalue weighted by molar-refractivity contribution is -0.124. The molecule has 7 heteroatoms. The van der Waals surface area contributed by atoms with Crippen LogP contribution in [0.2, 0.25) is 0 Å². The number of esters is 1. The van der Waals surface area contributed by atoms with Gasteiger partial charge >= 0.3 is 12.6 Å². The molecule has 1 aromatic rings. The fourth-order valence-electron chi connectivity index (χ4n) is 2.33. The number of nitrogens with one attached hydrogen (secondary N) is 1. The summed E-state index contributed by atoms with van der Waals surface area (Å²) in [5, 5.41) is 2.80. The Morgan fingerprint density at radius 1 is 1.18 bits per heavy atom. The van der Waals surface area contributed by atoms with Crippen molar-refractivity contribution in [3.05, 3.63) is 29.8 Å². The van der Waals surface area contributed by atoms with Gasteiger partial charge in [-0.2, -0.15) is 8.78 Å². The zero-order valence-corrected chi connectivity index (χ0v) is 11.9. The number of ether oxygens (including phenoxy) is 2. The second-order valence-corrected chi connectivity index (χ2v) is 5.03. The van der Waals surface area contributed by atoms with Crippen LogP contribution in [0.4, 0.5) is 8.78 Å². The molecule has 120 valence electrons. The molecular weight excluding hydrogens is 296 g/mol. The molecule has 1 fully saturated rings. The lowest BCUT2D eigenvalue weighted by atomic mass is 10.2. The molecule has 1 aliphatic rings. The van der Waals surface area contributed by atoms with Gasteiger partial charge in [-0.05, 0) is 37.1 Å². The molecule has 0 aliphatic heterocycles. The summed E-state index contributed by atoms with van der Waals surface area (Å²) >= 11 is 0. The molecule has 0 saturated heterocycles. The number of benzene rings is 1. The van der Waals surface area contributed by atoms with Crippen molar-refractivity contribution >= 4 is 11.9 Å². The number of carbonyl (C=O) groups is 2. The first-order valence-corrected chi connectivity index (χ1v) is 7.06. The van der Waals surface area contributed by atoms with Crippen LogP contribution >= 0.6 is 0 Å². The fourth-order valence-corrected chi connectivity index (χ4v) is 2.33. The van der Waals surface area contributed by atoms with Gasteiger partial charge in [0.25, 0.3) is 5.91 Å². The van der Waals surface area contributed by atoms with Gasteiger partial charge in [0, 0.05) is 6.04 Å². The van der Waals surface area contributed by atoms with Crippen LogP contribution in [0.25, 0.3) is 0 Å². The molecule has 1 amide bonds. The molecule has 5 nitrogen and oxygen atoms in total. The van der Waals surface area contributed by atoms with Crippen LogP contribution in [0.5, 0.6) is 5.75 Å². The maximum absolute atomic E-state index is 12.0. The monoisotopic (exact) mass is 313 g/mol. The summed E-state index contributed by atoms with van der Waals surface area (Å²) in [5.41, 5.74) is 0.162. The molecular formula is C15H17F2NO4. The summed E-state index contributed by atoms with van der Waals surface area (Å²) < 4.78 is 33.0. The zero-order chi connectivity index (χ0) is 15.9. The molecule has 0 unspecified atom stereocenters. The highest BCUT2D eigenvalue weighted by Gasteiger charge is 2.18. The summed E-state index contributed by atoms with van der Waals surface area (Å²) in [4.78, 5) is 23.3. The Labute approximate surface area is 126 Å². The van der Waals surface area contributed by atoms with Crippen LogP contribution in [0.1, 0.15) is 36.0 Å². The number of rotatable bonds is 6. The standard InChI is InChI=1S/C15H17F2NO4/c16-15(17)22-12-7-5-10(6-8-12)14(20)21-9-13(19)18-11-3-1-2-4-11/h5-8,11,15H,1-4,9H2,(H,18,19). The normalized spacial score (nSPS) is 14.9. The SMILES string of the molecule is O=C(COC(=O)c1ccc(OC(F)F)cc1)NC1CCCC1. The van der Waals surface area contributed by atoms with Gasteiger partial charge in [-0.15, -0.1) is 0 Å². The van der Waals surface area contributed by atoms with Gasteiger partial charge in [-0.25, -0.2) is 4.79 Å². The molecule has 22 heavy (non-hydrogen) atoms. The first kappa shape index (κ1) is 16.2. The third kappa shape index (κ3) is 4.98. The summed E-state index contributed by atoms with van der Waals surface area (Å²) in [6, 6.07) is 5.24. The van der Waals surface area contributed by atoms with Crippen LogP contribution in [-0.4, -0.2) is 31.1 Å². The summed E-state index contributed by atoms with van der Waals surface area (Å²) in [5.74, 6) is -1.08. The van der Waals surface area contributed by atoms with Crippen LogP contribution in [0, 0.1) is 0 Å². The predicted octanol–water partition coefficient (Wildman–Crippen LogP) is 2.50. The zero-order valence-electron chi connectivity index (χ0n) is 11.9. The van der Waals surface area contributed by atoms with Crippen LogP contribution in [0.3, 0.4) is 0 Å². The van der Waals surface area contributed by atoms with Crippen molar-refractivity contribution < 1.29 is 27.8 Å². The van der Waals surface area contributed by atoms with E-state index in [1.165, 1.54) is 24.3 Å². The average molecular weight is 313 g/mol. The Bertz CT molecular complexity index is 513. The summed E-state index contributed by atoms with van der Waals surface area (Å²) in [7, 11) is 0. The van der Waals surface area contributed by atoms with Crippen LogP contribution in [0.15, 0.2) is 24.3 Å². The van der Waals surface area contributed by atoms with Crippen molar-refractivity contribution in [1.29, 1.82) is 0 Å². The van der Waals surface area contributed by atoms with Gasteiger partial charge in [-0.3, -0.25) is 4.79 Å². The van der Waals surface area contributed by atoms with Crippen molar-refractivity contribution in [1.82, 2.24) is 5.32 Å². The van der Waals surface area contributed by atoms with E-state index in [9.17, 15) is 18.4 Å². The average Bonchev–Trinajstić information content (AvgIpc) is 2.98. The molecule has 2 rings (SSSR count). The van der Waals surface area contributed by atoms with Crippen molar-refractivity contribution in [2.24, 2.45) is 0 Å². The van der Waals surface area contributed by atoms with Crippen molar-refractivity contribution in [2.75, 3.05) is 6.61 Å². The smallest absolute Gasteiger partial charge is 0.387 e. The van der Waals surface area contributed by atoms with Crippen molar-refractivity contribution in [3.8, 4) is 5.75 Å². The van der Waals surface area contributed by atoms with E-state index < -0.39 is 12.6 Å². The topological polar surface area (TPSA) is 64.6 Å². The number of hydrogen-bond acceptors (Lipinski definition) is 4. The van der Waals surface area contributed by atoms with Gasteiger partial charge in [0.05, 0.1) is 5.56 Å². The summed E-state index contributed by atoms with van der Waals surface area (Å²) in [6.07, 6.45) is 4.09. The van der Waals surface area contributed by atoms with E-state index in [1.54, 1.807) is 0 Å². The molecule has 0 aromatic heterocycles. The maximum Gasteiger partial charge on any atom is 0.387 e. The minimum atomic E-state index is -2.92. The predicted molar refractivity (Wildman–Crippen MR) is 73.8 cm³/mol. The highest BCUT2D eigenvalue weighted by molar-refractivity contribution is 5.91.